The quantitative estimate of drug-likeness (QED) is 0.837. The van der Waals surface area contributed by atoms with Crippen molar-refractivity contribution in [2.45, 2.75) is 10.8 Å². The van der Waals surface area contributed by atoms with Crippen LogP contribution in [0.25, 0.3) is 0 Å². The zero-order chi connectivity index (χ0) is 11.9. The molecule has 0 aromatic carbocycles. The first-order valence-electron chi connectivity index (χ1n) is 3.31. The van der Waals surface area contributed by atoms with Crippen LogP contribution in [0.3, 0.4) is 0 Å². The highest BCUT2D eigenvalue weighted by atomic mass is 32.3. The molecule has 0 unspecified atom stereocenters. The molecular weight excluding hydrogens is 257 g/mol. The molecule has 0 saturated heterocycles. The number of carboxylic acids is 1. The van der Waals surface area contributed by atoms with Crippen molar-refractivity contribution >= 4 is 27.5 Å². The van der Waals surface area contributed by atoms with Gasteiger partial charge in [0.25, 0.3) is 0 Å². The van der Waals surface area contributed by atoms with Crippen LogP contribution in [-0.4, -0.2) is 19.5 Å². The molecule has 1 aromatic rings. The second-order valence-corrected chi connectivity index (χ2v) is 4.66. The SMILES string of the molecule is O=C(O)C(F)(F)c1sccc1S(=O)(=O)F. The molecule has 0 bridgehead atoms. The molecule has 1 heterocycles. The summed E-state index contributed by atoms with van der Waals surface area (Å²) in [6.45, 7) is 0. The molecule has 84 valence electrons. The Labute approximate surface area is 86.2 Å². The highest BCUT2D eigenvalue weighted by molar-refractivity contribution is 7.86. The maximum Gasteiger partial charge on any atom is 0.380 e. The number of rotatable bonds is 3. The van der Waals surface area contributed by atoms with Crippen molar-refractivity contribution in [2.24, 2.45) is 0 Å². The van der Waals surface area contributed by atoms with E-state index in [9.17, 15) is 25.9 Å². The molecule has 0 saturated carbocycles. The Morgan fingerprint density at radius 1 is 1.47 bits per heavy atom. The van der Waals surface area contributed by atoms with E-state index in [0.29, 0.717) is 6.07 Å². The van der Waals surface area contributed by atoms with E-state index in [1.807, 2.05) is 0 Å². The molecule has 1 aromatic heterocycles. The molecule has 0 fully saturated rings. The third kappa shape index (κ3) is 2.12. The lowest BCUT2D eigenvalue weighted by Crippen LogP contribution is -2.25. The number of halogens is 3. The summed E-state index contributed by atoms with van der Waals surface area (Å²) in [6.07, 6.45) is 0. The fraction of sp³-hybridized carbons (Fsp3) is 0.167. The Morgan fingerprint density at radius 3 is 2.40 bits per heavy atom. The first kappa shape index (κ1) is 12.0. The van der Waals surface area contributed by atoms with Gasteiger partial charge in [-0.15, -0.1) is 15.2 Å². The lowest BCUT2D eigenvalue weighted by molar-refractivity contribution is -0.166. The van der Waals surface area contributed by atoms with Gasteiger partial charge in [-0.1, -0.05) is 0 Å². The second kappa shape index (κ2) is 3.49. The molecule has 15 heavy (non-hydrogen) atoms. The van der Waals surface area contributed by atoms with Crippen LogP contribution in [0.2, 0.25) is 0 Å². The summed E-state index contributed by atoms with van der Waals surface area (Å²) >= 11 is 0.162. The standard InChI is InChI=1S/C6H3F3O4S2/c7-6(8,5(10)11)4-3(1-2-14-4)15(9,12)13/h1-2H,(H,10,11). The molecule has 1 rings (SSSR count). The summed E-state index contributed by atoms with van der Waals surface area (Å²) in [5.74, 6) is -6.95. The summed E-state index contributed by atoms with van der Waals surface area (Å²) in [4.78, 5) is 7.50. The highest BCUT2D eigenvalue weighted by Crippen LogP contribution is 2.37. The van der Waals surface area contributed by atoms with Gasteiger partial charge in [0, 0.05) is 0 Å². The van der Waals surface area contributed by atoms with E-state index in [-0.39, 0.29) is 11.3 Å². The molecule has 0 aliphatic rings. The van der Waals surface area contributed by atoms with E-state index >= 15 is 0 Å². The fourth-order valence-electron chi connectivity index (χ4n) is 0.815. The van der Waals surface area contributed by atoms with E-state index in [1.165, 1.54) is 0 Å². The monoisotopic (exact) mass is 260 g/mol. The minimum atomic E-state index is -5.34. The Morgan fingerprint density at radius 2 is 2.00 bits per heavy atom. The number of carbonyl (C=O) groups is 1. The average Bonchev–Trinajstić information content (AvgIpc) is 2.49. The van der Waals surface area contributed by atoms with Gasteiger partial charge in [0.05, 0.1) is 0 Å². The minimum Gasteiger partial charge on any atom is -0.477 e. The van der Waals surface area contributed by atoms with E-state index in [1.54, 1.807) is 0 Å². The van der Waals surface area contributed by atoms with Crippen molar-refractivity contribution in [3.8, 4) is 0 Å². The predicted octanol–water partition coefficient (Wildman–Crippen LogP) is 1.58. The van der Waals surface area contributed by atoms with Crippen LogP contribution in [-0.2, 0) is 20.9 Å². The molecule has 0 amide bonds. The van der Waals surface area contributed by atoms with Crippen LogP contribution in [0.4, 0.5) is 12.7 Å². The largest absolute Gasteiger partial charge is 0.477 e. The van der Waals surface area contributed by atoms with Gasteiger partial charge < -0.3 is 5.11 Å². The van der Waals surface area contributed by atoms with Crippen molar-refractivity contribution < 1.29 is 31.0 Å². The Balaban J connectivity index is 3.41. The number of aliphatic carboxylic acids is 1. The Hall–Kier alpha value is -1.09. The lowest BCUT2D eigenvalue weighted by Gasteiger charge is -2.09. The van der Waals surface area contributed by atoms with E-state index < -0.39 is 31.9 Å². The van der Waals surface area contributed by atoms with E-state index in [0.717, 1.165) is 5.38 Å². The molecule has 0 radical (unpaired) electrons. The maximum atomic E-state index is 12.9. The van der Waals surface area contributed by atoms with Crippen molar-refractivity contribution in [1.29, 1.82) is 0 Å². The van der Waals surface area contributed by atoms with Crippen LogP contribution < -0.4 is 0 Å². The second-order valence-electron chi connectivity index (χ2n) is 2.43. The molecule has 0 aliphatic carbocycles. The molecule has 0 aliphatic heterocycles. The van der Waals surface area contributed by atoms with Gasteiger partial charge in [-0.2, -0.15) is 17.2 Å². The summed E-state index contributed by atoms with van der Waals surface area (Å²) in [7, 11) is -5.34. The molecule has 0 atom stereocenters. The third-order valence-electron chi connectivity index (χ3n) is 1.45. The normalized spacial score (nSPS) is 12.7. The fourth-order valence-corrected chi connectivity index (χ4v) is 2.68. The molecule has 1 N–H and O–H groups in total. The molecule has 9 heteroatoms. The van der Waals surface area contributed by atoms with Gasteiger partial charge >= 0.3 is 22.1 Å². The topological polar surface area (TPSA) is 71.4 Å². The van der Waals surface area contributed by atoms with Crippen molar-refractivity contribution in [2.75, 3.05) is 0 Å². The number of alkyl halides is 2. The van der Waals surface area contributed by atoms with Crippen molar-refractivity contribution in [3.63, 3.8) is 0 Å². The zero-order valence-electron chi connectivity index (χ0n) is 6.78. The number of hydrogen-bond donors (Lipinski definition) is 1. The first-order valence-corrected chi connectivity index (χ1v) is 5.57. The molecule has 0 spiro atoms. The summed E-state index contributed by atoms with van der Waals surface area (Å²) in [5.41, 5.74) is 0. The van der Waals surface area contributed by atoms with Gasteiger partial charge in [0.1, 0.15) is 9.77 Å². The van der Waals surface area contributed by atoms with Gasteiger partial charge in [0.2, 0.25) is 0 Å². The minimum absolute atomic E-state index is 0.162. The van der Waals surface area contributed by atoms with Crippen molar-refractivity contribution in [1.82, 2.24) is 0 Å². The van der Waals surface area contributed by atoms with E-state index in [4.69, 9.17) is 5.11 Å². The number of carboxylic acid groups (broad SMARTS) is 1. The summed E-state index contributed by atoms with van der Waals surface area (Å²) < 4.78 is 59.0. The zero-order valence-corrected chi connectivity index (χ0v) is 8.41. The molecular formula is C6H3F3O4S2. The first-order chi connectivity index (χ1) is 6.67. The predicted molar refractivity (Wildman–Crippen MR) is 44.1 cm³/mol. The van der Waals surface area contributed by atoms with Gasteiger partial charge in [-0.3, -0.25) is 0 Å². The number of hydrogen-bond acceptors (Lipinski definition) is 4. The average molecular weight is 260 g/mol. The van der Waals surface area contributed by atoms with Crippen LogP contribution in [0, 0.1) is 0 Å². The summed E-state index contributed by atoms with van der Waals surface area (Å²) in [6, 6.07) is 0.589. The summed E-state index contributed by atoms with van der Waals surface area (Å²) in [5, 5.41) is 9.02. The van der Waals surface area contributed by atoms with Crippen LogP contribution in [0.1, 0.15) is 4.88 Å². The van der Waals surface area contributed by atoms with Crippen molar-refractivity contribution in [3.05, 3.63) is 16.3 Å². The smallest absolute Gasteiger partial charge is 0.380 e. The number of thiophene rings is 1. The van der Waals surface area contributed by atoms with Gasteiger partial charge in [0.15, 0.2) is 0 Å². The maximum absolute atomic E-state index is 12.9. The molecule has 4 nitrogen and oxygen atoms in total. The van der Waals surface area contributed by atoms with Gasteiger partial charge in [-0.05, 0) is 11.4 Å². The Bertz CT molecular complexity index is 490. The van der Waals surface area contributed by atoms with E-state index in [2.05, 4.69) is 0 Å². The third-order valence-corrected chi connectivity index (χ3v) is 3.42. The van der Waals surface area contributed by atoms with Gasteiger partial charge in [-0.25, -0.2) is 4.79 Å². The highest BCUT2D eigenvalue weighted by Gasteiger charge is 2.46. The Kier molecular flexibility index (Phi) is 2.79. The van der Waals surface area contributed by atoms with Crippen LogP contribution >= 0.6 is 11.3 Å². The lowest BCUT2D eigenvalue weighted by atomic mass is 10.3. The van der Waals surface area contributed by atoms with Crippen LogP contribution in [0.15, 0.2) is 16.3 Å². The van der Waals surface area contributed by atoms with Crippen LogP contribution in [0.5, 0.6) is 0 Å².